The zero-order valence-electron chi connectivity index (χ0n) is 14.8. The molecular weight excluding hydrogens is 358 g/mol. The third-order valence-electron chi connectivity index (χ3n) is 4.37. The Morgan fingerprint density at radius 1 is 1.04 bits per heavy atom. The van der Waals surface area contributed by atoms with E-state index in [1.54, 1.807) is 18.2 Å². The summed E-state index contributed by atoms with van der Waals surface area (Å²) >= 11 is 0. The van der Waals surface area contributed by atoms with Gasteiger partial charge in [-0.2, -0.15) is 0 Å². The lowest BCUT2D eigenvalue weighted by molar-refractivity contribution is -0.123. The topological polar surface area (TPSA) is 67.9 Å². The molecule has 0 atom stereocenters. The average molecular weight is 376 g/mol. The summed E-state index contributed by atoms with van der Waals surface area (Å²) in [7, 11) is 3.00. The smallest absolute Gasteiger partial charge is 0.254 e. The molecule has 0 bridgehead atoms. The van der Waals surface area contributed by atoms with Crippen LogP contribution in [0.3, 0.4) is 0 Å². The first-order valence-corrected chi connectivity index (χ1v) is 8.20. The molecule has 1 aliphatic rings. The molecular formula is C19H18F2N2O4. The van der Waals surface area contributed by atoms with E-state index in [2.05, 4.69) is 5.32 Å². The largest absolute Gasteiger partial charge is 0.497 e. The average Bonchev–Trinajstić information content (AvgIpc) is 2.62. The van der Waals surface area contributed by atoms with Crippen LogP contribution < -0.4 is 14.8 Å². The number of amides is 2. The third-order valence-corrected chi connectivity index (χ3v) is 4.37. The summed E-state index contributed by atoms with van der Waals surface area (Å²) in [5.41, 5.74) is 0.509. The van der Waals surface area contributed by atoms with Crippen LogP contribution in [0.15, 0.2) is 36.4 Å². The molecule has 0 saturated carbocycles. The van der Waals surface area contributed by atoms with Crippen molar-refractivity contribution >= 4 is 17.5 Å². The highest BCUT2D eigenvalue weighted by molar-refractivity contribution is 5.99. The van der Waals surface area contributed by atoms with E-state index in [0.29, 0.717) is 17.2 Å². The van der Waals surface area contributed by atoms with Crippen molar-refractivity contribution < 1.29 is 27.8 Å². The van der Waals surface area contributed by atoms with Gasteiger partial charge in [0, 0.05) is 24.7 Å². The van der Waals surface area contributed by atoms with Crippen molar-refractivity contribution in [1.82, 2.24) is 4.90 Å². The monoisotopic (exact) mass is 376 g/mol. The molecule has 27 heavy (non-hydrogen) atoms. The predicted molar refractivity (Wildman–Crippen MR) is 93.9 cm³/mol. The Labute approximate surface area is 154 Å². The molecule has 1 heterocycles. The molecule has 1 aliphatic heterocycles. The molecule has 1 N–H and O–H groups in total. The van der Waals surface area contributed by atoms with Gasteiger partial charge in [0.2, 0.25) is 5.91 Å². The first-order chi connectivity index (χ1) is 12.9. The number of hydrogen-bond acceptors (Lipinski definition) is 4. The SMILES string of the molecule is COc1ccc(OC)c(NC(=O)C2CN(C(=O)c3ccc(F)c(F)c3)C2)c1. The Morgan fingerprint density at radius 3 is 2.41 bits per heavy atom. The number of hydrogen-bond donors (Lipinski definition) is 1. The zero-order valence-corrected chi connectivity index (χ0v) is 14.8. The molecule has 0 aromatic heterocycles. The number of benzene rings is 2. The van der Waals surface area contributed by atoms with Gasteiger partial charge in [-0.25, -0.2) is 8.78 Å². The number of nitrogens with zero attached hydrogens (tertiary/aromatic N) is 1. The fraction of sp³-hybridized carbons (Fsp3) is 0.263. The fourth-order valence-corrected chi connectivity index (χ4v) is 2.77. The van der Waals surface area contributed by atoms with Gasteiger partial charge in [0.25, 0.3) is 5.91 Å². The maximum absolute atomic E-state index is 13.3. The second-order valence-electron chi connectivity index (χ2n) is 6.09. The Hall–Kier alpha value is -3.16. The highest BCUT2D eigenvalue weighted by Crippen LogP contribution is 2.30. The first-order valence-electron chi connectivity index (χ1n) is 8.20. The van der Waals surface area contributed by atoms with E-state index in [4.69, 9.17) is 9.47 Å². The van der Waals surface area contributed by atoms with Crippen LogP contribution >= 0.6 is 0 Å². The van der Waals surface area contributed by atoms with Crippen LogP contribution in [0.1, 0.15) is 10.4 Å². The van der Waals surface area contributed by atoms with Crippen molar-refractivity contribution in [1.29, 1.82) is 0 Å². The summed E-state index contributed by atoms with van der Waals surface area (Å²) in [6.45, 7) is 0.381. The summed E-state index contributed by atoms with van der Waals surface area (Å²) in [5, 5.41) is 2.76. The molecule has 0 radical (unpaired) electrons. The summed E-state index contributed by atoms with van der Waals surface area (Å²) in [5.74, 6) is -2.17. The molecule has 1 fully saturated rings. The van der Waals surface area contributed by atoms with Gasteiger partial charge in [0.1, 0.15) is 11.5 Å². The molecule has 142 valence electrons. The lowest BCUT2D eigenvalue weighted by atomic mass is 9.97. The highest BCUT2D eigenvalue weighted by Gasteiger charge is 2.36. The van der Waals surface area contributed by atoms with Crippen molar-refractivity contribution in [2.75, 3.05) is 32.6 Å². The summed E-state index contributed by atoms with van der Waals surface area (Å²) in [6.07, 6.45) is 0. The van der Waals surface area contributed by atoms with Gasteiger partial charge in [-0.1, -0.05) is 0 Å². The number of halogens is 2. The van der Waals surface area contributed by atoms with E-state index in [0.717, 1.165) is 12.1 Å². The van der Waals surface area contributed by atoms with Crippen molar-refractivity contribution in [3.63, 3.8) is 0 Å². The second kappa shape index (κ2) is 7.61. The fourth-order valence-electron chi connectivity index (χ4n) is 2.77. The molecule has 3 rings (SSSR count). The predicted octanol–water partition coefficient (Wildman–Crippen LogP) is 2.69. The van der Waals surface area contributed by atoms with Crippen LogP contribution in [0, 0.1) is 17.6 Å². The maximum Gasteiger partial charge on any atom is 0.254 e. The number of methoxy groups -OCH3 is 2. The zero-order chi connectivity index (χ0) is 19.6. The van der Waals surface area contributed by atoms with Gasteiger partial charge in [-0.3, -0.25) is 9.59 Å². The van der Waals surface area contributed by atoms with E-state index < -0.39 is 23.5 Å². The molecule has 8 heteroatoms. The summed E-state index contributed by atoms with van der Waals surface area (Å²) in [4.78, 5) is 26.1. The summed E-state index contributed by atoms with van der Waals surface area (Å²) in [6, 6.07) is 8.00. The van der Waals surface area contributed by atoms with Crippen LogP contribution in [-0.2, 0) is 4.79 Å². The number of likely N-dealkylation sites (tertiary alicyclic amines) is 1. The number of nitrogens with one attached hydrogen (secondary N) is 1. The van der Waals surface area contributed by atoms with Crippen LogP contribution in [0.2, 0.25) is 0 Å². The Balaban J connectivity index is 1.61. The van der Waals surface area contributed by atoms with Crippen LogP contribution in [0.5, 0.6) is 11.5 Å². The summed E-state index contributed by atoms with van der Waals surface area (Å²) < 4.78 is 36.6. The lowest BCUT2D eigenvalue weighted by Crippen LogP contribution is -2.54. The van der Waals surface area contributed by atoms with Crippen molar-refractivity contribution in [3.8, 4) is 11.5 Å². The lowest BCUT2D eigenvalue weighted by Gasteiger charge is -2.38. The molecule has 2 amide bonds. The Morgan fingerprint density at radius 2 is 1.78 bits per heavy atom. The number of carbonyl (C=O) groups is 2. The molecule has 0 spiro atoms. The number of carbonyl (C=O) groups excluding carboxylic acids is 2. The van der Waals surface area contributed by atoms with E-state index in [1.165, 1.54) is 25.2 Å². The normalized spacial score (nSPS) is 13.7. The standard InChI is InChI=1S/C19H18F2N2O4/c1-26-13-4-6-17(27-2)16(8-13)22-18(24)12-9-23(10-12)19(25)11-3-5-14(20)15(21)7-11/h3-8,12H,9-10H2,1-2H3,(H,22,24). The van der Waals surface area contributed by atoms with E-state index in [-0.39, 0.29) is 24.6 Å². The van der Waals surface area contributed by atoms with Crippen LogP contribution in [0.4, 0.5) is 14.5 Å². The van der Waals surface area contributed by atoms with E-state index in [9.17, 15) is 18.4 Å². The van der Waals surface area contributed by atoms with Crippen molar-refractivity contribution in [3.05, 3.63) is 53.6 Å². The van der Waals surface area contributed by atoms with Crippen molar-refractivity contribution in [2.45, 2.75) is 0 Å². The first kappa shape index (κ1) is 18.6. The Bertz CT molecular complexity index is 882. The molecule has 2 aromatic rings. The van der Waals surface area contributed by atoms with Crippen molar-refractivity contribution in [2.24, 2.45) is 5.92 Å². The minimum absolute atomic E-state index is 0.0437. The van der Waals surface area contributed by atoms with Gasteiger partial charge in [-0.15, -0.1) is 0 Å². The molecule has 1 saturated heterocycles. The van der Waals surface area contributed by atoms with Crippen LogP contribution in [-0.4, -0.2) is 44.0 Å². The number of ether oxygens (including phenoxy) is 2. The van der Waals surface area contributed by atoms with Gasteiger partial charge < -0.3 is 19.7 Å². The number of rotatable bonds is 5. The maximum atomic E-state index is 13.3. The van der Waals surface area contributed by atoms with Crippen LogP contribution in [0.25, 0.3) is 0 Å². The molecule has 2 aromatic carbocycles. The molecule has 0 aliphatic carbocycles. The van der Waals surface area contributed by atoms with E-state index >= 15 is 0 Å². The van der Waals surface area contributed by atoms with Gasteiger partial charge in [-0.05, 0) is 30.3 Å². The van der Waals surface area contributed by atoms with Gasteiger partial charge >= 0.3 is 0 Å². The quantitative estimate of drug-likeness (QED) is 0.871. The molecule has 6 nitrogen and oxygen atoms in total. The minimum Gasteiger partial charge on any atom is -0.497 e. The molecule has 0 unspecified atom stereocenters. The third kappa shape index (κ3) is 3.84. The van der Waals surface area contributed by atoms with Gasteiger partial charge in [0.15, 0.2) is 11.6 Å². The minimum atomic E-state index is -1.08. The highest BCUT2D eigenvalue weighted by atomic mass is 19.2. The Kier molecular flexibility index (Phi) is 5.25. The number of anilines is 1. The van der Waals surface area contributed by atoms with E-state index in [1.807, 2.05) is 0 Å². The second-order valence-corrected chi connectivity index (χ2v) is 6.09. The van der Waals surface area contributed by atoms with Gasteiger partial charge in [0.05, 0.1) is 25.8 Å².